The van der Waals surface area contributed by atoms with E-state index in [9.17, 15) is 4.39 Å². The fourth-order valence-corrected chi connectivity index (χ4v) is 2.15. The highest BCUT2D eigenvalue weighted by Gasteiger charge is 2.09. The summed E-state index contributed by atoms with van der Waals surface area (Å²) in [6.07, 6.45) is 0. The van der Waals surface area contributed by atoms with E-state index >= 15 is 0 Å². The number of para-hydroxylation sites is 1. The molecular weight excluding hydrogens is 309 g/mol. The molecule has 0 fully saturated rings. The van der Waals surface area contributed by atoms with E-state index in [1.54, 1.807) is 12.1 Å². The SMILES string of the molecule is N#Cc1cccc(COc2ccccc2CBr)c1F. The molecule has 96 valence electrons. The van der Waals surface area contributed by atoms with Crippen LogP contribution in [0.15, 0.2) is 42.5 Å². The number of hydrogen-bond acceptors (Lipinski definition) is 2. The summed E-state index contributed by atoms with van der Waals surface area (Å²) < 4.78 is 19.5. The number of nitriles is 1. The van der Waals surface area contributed by atoms with Crippen molar-refractivity contribution >= 4 is 15.9 Å². The topological polar surface area (TPSA) is 33.0 Å². The van der Waals surface area contributed by atoms with Crippen molar-refractivity contribution in [2.45, 2.75) is 11.9 Å². The van der Waals surface area contributed by atoms with Gasteiger partial charge in [-0.2, -0.15) is 5.26 Å². The highest BCUT2D eigenvalue weighted by atomic mass is 79.9. The lowest BCUT2D eigenvalue weighted by molar-refractivity contribution is 0.297. The lowest BCUT2D eigenvalue weighted by Gasteiger charge is -2.10. The predicted octanol–water partition coefficient (Wildman–Crippen LogP) is 4.17. The standard InChI is InChI=1S/C15H11BrFNO/c16-8-11-4-1-2-7-14(11)19-10-13-6-3-5-12(9-18)15(13)17/h1-7H,8,10H2. The third kappa shape index (κ3) is 3.12. The predicted molar refractivity (Wildman–Crippen MR) is 74.5 cm³/mol. The van der Waals surface area contributed by atoms with Crippen LogP contribution in [0.4, 0.5) is 4.39 Å². The zero-order valence-electron chi connectivity index (χ0n) is 10.1. The average molecular weight is 320 g/mol. The van der Waals surface area contributed by atoms with Crippen molar-refractivity contribution < 1.29 is 9.13 Å². The van der Waals surface area contributed by atoms with Crippen LogP contribution in [-0.4, -0.2) is 0 Å². The number of nitrogens with zero attached hydrogens (tertiary/aromatic N) is 1. The van der Waals surface area contributed by atoms with Gasteiger partial charge in [0.25, 0.3) is 0 Å². The van der Waals surface area contributed by atoms with Crippen molar-refractivity contribution in [1.29, 1.82) is 5.26 Å². The first kappa shape index (κ1) is 13.6. The lowest BCUT2D eigenvalue weighted by atomic mass is 10.1. The number of halogens is 2. The lowest BCUT2D eigenvalue weighted by Crippen LogP contribution is -2.01. The van der Waals surface area contributed by atoms with Gasteiger partial charge in [0.1, 0.15) is 24.2 Å². The monoisotopic (exact) mass is 319 g/mol. The van der Waals surface area contributed by atoms with Crippen molar-refractivity contribution in [2.24, 2.45) is 0 Å². The second-order valence-corrected chi connectivity index (χ2v) is 4.48. The van der Waals surface area contributed by atoms with E-state index in [0.717, 1.165) is 5.56 Å². The van der Waals surface area contributed by atoms with Crippen LogP contribution < -0.4 is 4.74 Å². The maximum absolute atomic E-state index is 13.8. The Morgan fingerprint density at radius 3 is 2.58 bits per heavy atom. The van der Waals surface area contributed by atoms with Crippen LogP contribution in [0.5, 0.6) is 5.75 Å². The van der Waals surface area contributed by atoms with Crippen molar-refractivity contribution in [3.8, 4) is 11.8 Å². The number of ether oxygens (including phenoxy) is 1. The summed E-state index contributed by atoms with van der Waals surface area (Å²) in [5.74, 6) is 0.197. The van der Waals surface area contributed by atoms with Crippen molar-refractivity contribution in [3.63, 3.8) is 0 Å². The summed E-state index contributed by atoms with van der Waals surface area (Å²) in [6, 6.07) is 14.1. The van der Waals surface area contributed by atoms with E-state index < -0.39 is 5.82 Å². The van der Waals surface area contributed by atoms with Gasteiger partial charge < -0.3 is 4.74 Å². The van der Waals surface area contributed by atoms with Gasteiger partial charge in [-0.15, -0.1) is 0 Å². The van der Waals surface area contributed by atoms with Crippen LogP contribution in [0, 0.1) is 17.1 Å². The molecule has 0 aromatic heterocycles. The van der Waals surface area contributed by atoms with E-state index in [0.29, 0.717) is 16.6 Å². The van der Waals surface area contributed by atoms with E-state index in [4.69, 9.17) is 10.00 Å². The van der Waals surface area contributed by atoms with E-state index in [2.05, 4.69) is 15.9 Å². The van der Waals surface area contributed by atoms with Gasteiger partial charge in [0.05, 0.1) is 5.56 Å². The Morgan fingerprint density at radius 1 is 1.11 bits per heavy atom. The number of benzene rings is 2. The van der Waals surface area contributed by atoms with Crippen molar-refractivity contribution in [2.75, 3.05) is 0 Å². The minimum Gasteiger partial charge on any atom is -0.488 e. The number of hydrogen-bond donors (Lipinski definition) is 0. The van der Waals surface area contributed by atoms with Gasteiger partial charge in [0.15, 0.2) is 0 Å². The molecule has 2 nitrogen and oxygen atoms in total. The molecule has 2 rings (SSSR count). The first-order chi connectivity index (χ1) is 9.26. The Labute approximate surface area is 119 Å². The largest absolute Gasteiger partial charge is 0.488 e. The van der Waals surface area contributed by atoms with Crippen LogP contribution in [0.2, 0.25) is 0 Å². The van der Waals surface area contributed by atoms with Crippen LogP contribution >= 0.6 is 15.9 Å². The van der Waals surface area contributed by atoms with Gasteiger partial charge in [-0.3, -0.25) is 0 Å². The van der Waals surface area contributed by atoms with Gasteiger partial charge in [0, 0.05) is 16.5 Å². The molecule has 0 aliphatic rings. The Balaban J connectivity index is 2.17. The molecule has 0 saturated heterocycles. The maximum atomic E-state index is 13.8. The van der Waals surface area contributed by atoms with Gasteiger partial charge in [0.2, 0.25) is 0 Å². The minimum absolute atomic E-state index is 0.0369. The number of alkyl halides is 1. The summed E-state index contributed by atoms with van der Waals surface area (Å²) in [4.78, 5) is 0. The zero-order chi connectivity index (χ0) is 13.7. The Kier molecular flexibility index (Phi) is 4.53. The molecule has 0 aliphatic heterocycles. The fourth-order valence-electron chi connectivity index (χ4n) is 1.69. The van der Waals surface area contributed by atoms with E-state index in [1.807, 2.05) is 30.3 Å². The summed E-state index contributed by atoms with van der Waals surface area (Å²) in [7, 11) is 0. The quantitative estimate of drug-likeness (QED) is 0.792. The van der Waals surface area contributed by atoms with Gasteiger partial charge >= 0.3 is 0 Å². The first-order valence-corrected chi connectivity index (χ1v) is 6.82. The molecule has 0 bridgehead atoms. The molecule has 2 aromatic carbocycles. The van der Waals surface area contributed by atoms with Gasteiger partial charge in [-0.25, -0.2) is 4.39 Å². The molecule has 0 radical (unpaired) electrons. The van der Waals surface area contributed by atoms with Crippen molar-refractivity contribution in [1.82, 2.24) is 0 Å². The Bertz CT molecular complexity index is 622. The number of rotatable bonds is 4. The van der Waals surface area contributed by atoms with Gasteiger partial charge in [-0.05, 0) is 12.1 Å². The highest BCUT2D eigenvalue weighted by Crippen LogP contribution is 2.22. The Hall–Kier alpha value is -1.86. The summed E-state index contributed by atoms with van der Waals surface area (Å²) in [6.45, 7) is 0.103. The van der Waals surface area contributed by atoms with Crippen LogP contribution in [0.3, 0.4) is 0 Å². The van der Waals surface area contributed by atoms with Crippen LogP contribution in [0.25, 0.3) is 0 Å². The molecule has 0 amide bonds. The fraction of sp³-hybridized carbons (Fsp3) is 0.133. The third-order valence-electron chi connectivity index (χ3n) is 2.70. The Morgan fingerprint density at radius 2 is 1.84 bits per heavy atom. The second kappa shape index (κ2) is 6.35. The van der Waals surface area contributed by atoms with Crippen molar-refractivity contribution in [3.05, 3.63) is 65.0 Å². The summed E-state index contributed by atoms with van der Waals surface area (Å²) in [5.41, 5.74) is 1.41. The smallest absolute Gasteiger partial charge is 0.147 e. The first-order valence-electron chi connectivity index (χ1n) is 5.70. The van der Waals surface area contributed by atoms with E-state index in [-0.39, 0.29) is 12.2 Å². The summed E-state index contributed by atoms with van der Waals surface area (Å²) in [5, 5.41) is 9.44. The molecule has 0 spiro atoms. The highest BCUT2D eigenvalue weighted by molar-refractivity contribution is 9.08. The molecule has 0 atom stereocenters. The maximum Gasteiger partial charge on any atom is 0.147 e. The second-order valence-electron chi connectivity index (χ2n) is 3.92. The minimum atomic E-state index is -0.513. The summed E-state index contributed by atoms with van der Waals surface area (Å²) >= 11 is 3.37. The molecule has 0 unspecified atom stereocenters. The molecule has 0 heterocycles. The van der Waals surface area contributed by atoms with E-state index in [1.165, 1.54) is 6.07 Å². The molecule has 0 saturated carbocycles. The van der Waals surface area contributed by atoms with Crippen LogP contribution in [0.1, 0.15) is 16.7 Å². The molecular formula is C15H11BrFNO. The molecule has 4 heteroatoms. The normalized spacial score (nSPS) is 9.95. The third-order valence-corrected chi connectivity index (χ3v) is 3.30. The average Bonchev–Trinajstić information content (AvgIpc) is 2.46. The molecule has 0 aliphatic carbocycles. The van der Waals surface area contributed by atoms with Crippen LogP contribution in [-0.2, 0) is 11.9 Å². The molecule has 0 N–H and O–H groups in total. The molecule has 2 aromatic rings. The molecule has 19 heavy (non-hydrogen) atoms. The van der Waals surface area contributed by atoms with Gasteiger partial charge in [-0.1, -0.05) is 46.3 Å². The zero-order valence-corrected chi connectivity index (χ0v) is 11.7.